The molecule has 2 fully saturated rings. The fourth-order valence-electron chi connectivity index (χ4n) is 3.96. The Kier molecular flexibility index (Phi) is 8.45. The van der Waals surface area contributed by atoms with Gasteiger partial charge >= 0.3 is 5.97 Å². The molecule has 1 atom stereocenters. The fourth-order valence-corrected chi connectivity index (χ4v) is 8.11. The van der Waals surface area contributed by atoms with Crippen LogP contribution in [-0.4, -0.2) is 34.7 Å². The van der Waals surface area contributed by atoms with Crippen molar-refractivity contribution in [2.45, 2.75) is 88.5 Å². The molecule has 0 aromatic heterocycles. The van der Waals surface area contributed by atoms with Gasteiger partial charge in [0.1, 0.15) is 13.2 Å². The molecule has 6 heteroatoms. The highest BCUT2D eigenvalue weighted by atomic mass is 35.5. The Morgan fingerprint density at radius 3 is 1.82 bits per heavy atom. The minimum Gasteiger partial charge on any atom is -0.480 e. The molecule has 0 bridgehead atoms. The first-order valence-corrected chi connectivity index (χ1v) is 10.6. The molecular formula is C16H31ClNO3P. The number of halogens is 1. The topological polar surface area (TPSA) is 66.4 Å². The average molecular weight is 352 g/mol. The molecule has 0 aromatic rings. The minimum absolute atomic E-state index is 0. The number of carbonyl (C=O) groups is 1. The smallest absolute Gasteiger partial charge is 0.320 e. The number of nitrogens with one attached hydrogen (secondary N) is 1. The third-order valence-electron chi connectivity index (χ3n) is 5.40. The van der Waals surface area contributed by atoms with Gasteiger partial charge in [0.2, 0.25) is 0 Å². The molecule has 0 unspecified atom stereocenters. The maximum absolute atomic E-state index is 13.8. The highest BCUT2D eigenvalue weighted by Crippen LogP contribution is 2.61. The van der Waals surface area contributed by atoms with Crippen LogP contribution in [-0.2, 0) is 9.36 Å². The van der Waals surface area contributed by atoms with Gasteiger partial charge in [0.05, 0.1) is 6.29 Å². The van der Waals surface area contributed by atoms with Crippen LogP contribution in [0.25, 0.3) is 0 Å². The van der Waals surface area contributed by atoms with E-state index in [9.17, 15) is 9.36 Å². The Hall–Kier alpha value is -0.0500. The molecule has 0 radical (unpaired) electrons. The summed E-state index contributed by atoms with van der Waals surface area (Å²) < 4.78 is 13.8. The molecule has 0 aliphatic heterocycles. The van der Waals surface area contributed by atoms with Crippen LogP contribution < -0.4 is 5.32 Å². The van der Waals surface area contributed by atoms with E-state index in [1.807, 2.05) is 0 Å². The van der Waals surface area contributed by atoms with Crippen molar-refractivity contribution < 1.29 is 14.5 Å². The first-order valence-electron chi connectivity index (χ1n) is 8.58. The van der Waals surface area contributed by atoms with Crippen molar-refractivity contribution in [3.05, 3.63) is 0 Å². The molecule has 130 valence electrons. The molecule has 2 N–H and O–H groups in total. The van der Waals surface area contributed by atoms with Crippen molar-refractivity contribution in [1.82, 2.24) is 5.32 Å². The van der Waals surface area contributed by atoms with Crippen LogP contribution in [0.2, 0.25) is 0 Å². The fraction of sp³-hybridized carbons (Fsp3) is 0.938. The lowest BCUT2D eigenvalue weighted by Gasteiger charge is -2.38. The van der Waals surface area contributed by atoms with Crippen LogP contribution >= 0.6 is 19.5 Å². The summed E-state index contributed by atoms with van der Waals surface area (Å²) in [6, 6.07) is -0.606. The molecule has 0 spiro atoms. The molecule has 2 saturated carbocycles. The predicted molar refractivity (Wildman–Crippen MR) is 93.7 cm³/mol. The van der Waals surface area contributed by atoms with E-state index in [1.165, 1.54) is 38.5 Å². The molecule has 0 aromatic carbocycles. The van der Waals surface area contributed by atoms with E-state index in [0.717, 1.165) is 25.7 Å². The molecule has 2 aliphatic carbocycles. The number of rotatable bonds is 6. The van der Waals surface area contributed by atoms with E-state index in [1.54, 1.807) is 6.92 Å². The predicted octanol–water partition coefficient (Wildman–Crippen LogP) is 4.46. The zero-order valence-corrected chi connectivity index (χ0v) is 15.3. The van der Waals surface area contributed by atoms with Gasteiger partial charge in [0.25, 0.3) is 0 Å². The van der Waals surface area contributed by atoms with Gasteiger partial charge in [-0.3, -0.25) is 10.1 Å². The van der Waals surface area contributed by atoms with Gasteiger partial charge < -0.3 is 9.67 Å². The first kappa shape index (κ1) is 20.0. The Labute approximate surface area is 140 Å². The molecule has 2 aliphatic rings. The van der Waals surface area contributed by atoms with Crippen molar-refractivity contribution in [2.24, 2.45) is 0 Å². The molecule has 0 amide bonds. The lowest BCUT2D eigenvalue weighted by Crippen LogP contribution is -2.38. The summed E-state index contributed by atoms with van der Waals surface area (Å²) >= 11 is 0. The third kappa shape index (κ3) is 4.97. The minimum atomic E-state index is -2.34. The van der Waals surface area contributed by atoms with E-state index in [2.05, 4.69) is 5.32 Å². The van der Waals surface area contributed by atoms with Crippen LogP contribution in [0.5, 0.6) is 0 Å². The maximum Gasteiger partial charge on any atom is 0.320 e. The molecule has 4 nitrogen and oxygen atoms in total. The van der Waals surface area contributed by atoms with Crippen molar-refractivity contribution in [1.29, 1.82) is 0 Å². The van der Waals surface area contributed by atoms with Crippen LogP contribution in [0, 0.1) is 0 Å². The average Bonchev–Trinajstić information content (AvgIpc) is 2.53. The summed E-state index contributed by atoms with van der Waals surface area (Å²) in [5.74, 6) is -0.853. The summed E-state index contributed by atoms with van der Waals surface area (Å²) in [7, 11) is -2.34. The number of hydrogen-bond acceptors (Lipinski definition) is 3. The number of carboxylic acids is 1. The van der Waals surface area contributed by atoms with Crippen molar-refractivity contribution >= 4 is 25.5 Å². The van der Waals surface area contributed by atoms with Crippen molar-refractivity contribution in [3.63, 3.8) is 0 Å². The Morgan fingerprint density at radius 2 is 1.45 bits per heavy atom. The van der Waals surface area contributed by atoms with E-state index >= 15 is 0 Å². The van der Waals surface area contributed by atoms with Gasteiger partial charge in [-0.1, -0.05) is 38.5 Å². The largest absolute Gasteiger partial charge is 0.480 e. The van der Waals surface area contributed by atoms with E-state index in [0.29, 0.717) is 17.6 Å². The highest BCUT2D eigenvalue weighted by molar-refractivity contribution is 7.65. The Morgan fingerprint density at radius 1 is 1.05 bits per heavy atom. The zero-order chi connectivity index (χ0) is 15.3. The summed E-state index contributed by atoms with van der Waals surface area (Å²) in [4.78, 5) is 11.0. The van der Waals surface area contributed by atoms with Crippen molar-refractivity contribution in [2.75, 3.05) is 6.29 Å². The standard InChI is InChI=1S/C16H30NO3P.ClH/c1-13(16(18)19)17-12-21(20,14-8-4-2-5-9-14)15-10-6-3-7-11-15;/h13-15,17H,2-12H2,1H3,(H,18,19);1H/t13-;/m0./s1. The second-order valence-corrected chi connectivity index (χ2v) is 10.3. The molecule has 0 saturated heterocycles. The van der Waals surface area contributed by atoms with Gasteiger partial charge in [-0.05, 0) is 32.6 Å². The summed E-state index contributed by atoms with van der Waals surface area (Å²) in [5.41, 5.74) is 0.672. The van der Waals surface area contributed by atoms with Crippen molar-refractivity contribution in [3.8, 4) is 0 Å². The molecule has 22 heavy (non-hydrogen) atoms. The normalized spacial score (nSPS) is 22.8. The number of hydrogen-bond donors (Lipinski definition) is 2. The van der Waals surface area contributed by atoms with E-state index < -0.39 is 19.2 Å². The SMILES string of the molecule is C[C@H](NCP(=O)(C1CCCCC1)C1CCCCC1)C(=O)O.Cl. The Bertz CT molecular complexity index is 371. The monoisotopic (exact) mass is 351 g/mol. The summed E-state index contributed by atoms with van der Waals surface area (Å²) in [5, 5.41) is 12.1. The maximum atomic E-state index is 13.8. The first-order chi connectivity index (χ1) is 10.0. The van der Waals surface area contributed by atoms with E-state index in [-0.39, 0.29) is 12.4 Å². The van der Waals surface area contributed by atoms with Gasteiger partial charge in [-0.2, -0.15) is 0 Å². The summed E-state index contributed by atoms with van der Waals surface area (Å²) in [6.07, 6.45) is 12.0. The van der Waals surface area contributed by atoms with Crippen LogP contribution in [0.4, 0.5) is 0 Å². The van der Waals surface area contributed by atoms with Gasteiger partial charge in [-0.15, -0.1) is 12.4 Å². The number of carboxylic acid groups (broad SMARTS) is 1. The molecule has 2 rings (SSSR count). The van der Waals surface area contributed by atoms with Gasteiger partial charge in [0.15, 0.2) is 0 Å². The zero-order valence-electron chi connectivity index (χ0n) is 13.6. The lowest BCUT2D eigenvalue weighted by atomic mass is 9.99. The quantitative estimate of drug-likeness (QED) is 0.693. The third-order valence-corrected chi connectivity index (χ3v) is 9.58. The summed E-state index contributed by atoms with van der Waals surface area (Å²) in [6.45, 7) is 1.65. The van der Waals surface area contributed by atoms with Gasteiger partial charge in [-0.25, -0.2) is 0 Å². The highest BCUT2D eigenvalue weighted by Gasteiger charge is 2.41. The Balaban J connectivity index is 0.00000242. The number of aliphatic carboxylic acids is 1. The van der Waals surface area contributed by atoms with Crippen LogP contribution in [0.1, 0.15) is 71.1 Å². The molecule has 0 heterocycles. The van der Waals surface area contributed by atoms with Gasteiger partial charge in [0, 0.05) is 11.3 Å². The second-order valence-electron chi connectivity index (χ2n) is 6.86. The van der Waals surface area contributed by atoms with Crippen LogP contribution in [0.15, 0.2) is 0 Å². The lowest BCUT2D eigenvalue weighted by molar-refractivity contribution is -0.138. The van der Waals surface area contributed by atoms with E-state index in [4.69, 9.17) is 5.11 Å². The second kappa shape index (κ2) is 9.30. The molecular weight excluding hydrogens is 321 g/mol. The van der Waals surface area contributed by atoms with Crippen LogP contribution in [0.3, 0.4) is 0 Å².